The van der Waals surface area contributed by atoms with Gasteiger partial charge in [0.2, 0.25) is 0 Å². The summed E-state index contributed by atoms with van der Waals surface area (Å²) in [6, 6.07) is 8.23. The molecule has 0 unspecified atom stereocenters. The Kier molecular flexibility index (Phi) is 9.87. The Morgan fingerprint density at radius 1 is 1.14 bits per heavy atom. The molecule has 1 aromatic rings. The quantitative estimate of drug-likeness (QED) is 0.334. The molecule has 5 heteroatoms. The lowest BCUT2D eigenvalue weighted by Gasteiger charge is -2.07. The maximum absolute atomic E-state index is 5.86. The molecule has 124 valence electrons. The lowest BCUT2D eigenvalue weighted by molar-refractivity contribution is 0.211. The lowest BCUT2D eigenvalue weighted by Crippen LogP contribution is -2.32. The predicted octanol–water partition coefficient (Wildman–Crippen LogP) is 2.73. The van der Waals surface area contributed by atoms with Crippen LogP contribution in [0.15, 0.2) is 29.3 Å². The summed E-state index contributed by atoms with van der Waals surface area (Å²) in [7, 11) is 1.70. The molecule has 0 saturated heterocycles. The first-order chi connectivity index (χ1) is 10.8. The van der Waals surface area contributed by atoms with Gasteiger partial charge in [0.1, 0.15) is 0 Å². The van der Waals surface area contributed by atoms with Crippen LogP contribution in [0.1, 0.15) is 38.2 Å². The second-order valence-electron chi connectivity index (χ2n) is 5.31. The van der Waals surface area contributed by atoms with Crippen molar-refractivity contribution in [2.24, 2.45) is 10.7 Å². The number of nitrogens with zero attached hydrogens (tertiary/aromatic N) is 1. The van der Waals surface area contributed by atoms with Crippen molar-refractivity contribution in [2.75, 3.05) is 32.1 Å². The van der Waals surface area contributed by atoms with Gasteiger partial charge in [0.05, 0.1) is 13.2 Å². The zero-order valence-corrected chi connectivity index (χ0v) is 13.9. The molecule has 0 amide bonds. The number of methoxy groups -OCH3 is 1. The normalized spacial score (nSPS) is 11.5. The summed E-state index contributed by atoms with van der Waals surface area (Å²) in [6.07, 6.45) is 4.92. The van der Waals surface area contributed by atoms with Crippen LogP contribution in [0.3, 0.4) is 0 Å². The van der Waals surface area contributed by atoms with Gasteiger partial charge in [-0.05, 0) is 24.1 Å². The molecule has 0 bridgehead atoms. The lowest BCUT2D eigenvalue weighted by atomic mass is 10.2. The SMILES string of the molecule is CCCCCCNC(N)=NCc1ccc(NCCOC)cc1. The fourth-order valence-electron chi connectivity index (χ4n) is 2.03. The van der Waals surface area contributed by atoms with Crippen LogP contribution in [0.2, 0.25) is 0 Å². The highest BCUT2D eigenvalue weighted by atomic mass is 16.5. The van der Waals surface area contributed by atoms with Crippen LogP contribution < -0.4 is 16.4 Å². The van der Waals surface area contributed by atoms with Crippen molar-refractivity contribution < 1.29 is 4.74 Å². The molecule has 0 heterocycles. The van der Waals surface area contributed by atoms with E-state index in [0.29, 0.717) is 19.1 Å². The average Bonchev–Trinajstić information content (AvgIpc) is 2.54. The second-order valence-corrected chi connectivity index (χ2v) is 5.31. The highest BCUT2D eigenvalue weighted by molar-refractivity contribution is 5.77. The molecule has 0 aliphatic carbocycles. The van der Waals surface area contributed by atoms with Crippen LogP contribution in [-0.2, 0) is 11.3 Å². The van der Waals surface area contributed by atoms with Gasteiger partial charge in [0.25, 0.3) is 0 Å². The number of unbranched alkanes of at least 4 members (excludes halogenated alkanes) is 3. The van der Waals surface area contributed by atoms with Crippen molar-refractivity contribution in [3.05, 3.63) is 29.8 Å². The first kappa shape index (κ1) is 18.3. The summed E-state index contributed by atoms with van der Waals surface area (Å²) >= 11 is 0. The van der Waals surface area contributed by atoms with Gasteiger partial charge in [-0.2, -0.15) is 0 Å². The number of nitrogens with two attached hydrogens (primary N) is 1. The van der Waals surface area contributed by atoms with Gasteiger partial charge in [-0.15, -0.1) is 0 Å². The Balaban J connectivity index is 2.26. The highest BCUT2D eigenvalue weighted by Gasteiger charge is 1.96. The molecule has 0 radical (unpaired) electrons. The van der Waals surface area contributed by atoms with E-state index in [0.717, 1.165) is 30.8 Å². The van der Waals surface area contributed by atoms with Crippen molar-refractivity contribution in [1.82, 2.24) is 5.32 Å². The predicted molar refractivity (Wildman–Crippen MR) is 94.3 cm³/mol. The maximum atomic E-state index is 5.86. The second kappa shape index (κ2) is 11.9. The molecular formula is C17H30N4O. The minimum Gasteiger partial charge on any atom is -0.383 e. The molecule has 1 aromatic carbocycles. The zero-order chi connectivity index (χ0) is 16.0. The summed E-state index contributed by atoms with van der Waals surface area (Å²) in [4.78, 5) is 4.36. The third kappa shape index (κ3) is 8.52. The number of ether oxygens (including phenoxy) is 1. The van der Waals surface area contributed by atoms with Gasteiger partial charge in [0, 0.05) is 25.9 Å². The first-order valence-electron chi connectivity index (χ1n) is 8.11. The van der Waals surface area contributed by atoms with Crippen LogP contribution in [0.5, 0.6) is 0 Å². The third-order valence-corrected chi connectivity index (χ3v) is 3.36. The van der Waals surface area contributed by atoms with Crippen molar-refractivity contribution >= 4 is 11.6 Å². The van der Waals surface area contributed by atoms with E-state index in [4.69, 9.17) is 10.5 Å². The van der Waals surface area contributed by atoms with Crippen molar-refractivity contribution in [1.29, 1.82) is 0 Å². The first-order valence-corrected chi connectivity index (χ1v) is 8.11. The van der Waals surface area contributed by atoms with Gasteiger partial charge >= 0.3 is 0 Å². The molecule has 0 aliphatic rings. The van der Waals surface area contributed by atoms with E-state index in [1.807, 2.05) is 0 Å². The van der Waals surface area contributed by atoms with Crippen molar-refractivity contribution in [3.63, 3.8) is 0 Å². The van der Waals surface area contributed by atoms with Crippen LogP contribution in [0, 0.1) is 0 Å². The monoisotopic (exact) mass is 306 g/mol. The third-order valence-electron chi connectivity index (χ3n) is 3.36. The molecule has 4 N–H and O–H groups in total. The summed E-state index contributed by atoms with van der Waals surface area (Å²) in [5, 5.41) is 6.44. The summed E-state index contributed by atoms with van der Waals surface area (Å²) in [5.41, 5.74) is 8.10. The fraction of sp³-hybridized carbons (Fsp3) is 0.588. The topological polar surface area (TPSA) is 71.7 Å². The summed E-state index contributed by atoms with van der Waals surface area (Å²) < 4.78 is 5.00. The molecule has 0 aromatic heterocycles. The molecule has 5 nitrogen and oxygen atoms in total. The fourth-order valence-corrected chi connectivity index (χ4v) is 2.03. The Morgan fingerprint density at radius 3 is 2.59 bits per heavy atom. The Bertz CT molecular complexity index is 417. The number of aliphatic imine (C=N–C) groups is 1. The van der Waals surface area contributed by atoms with E-state index in [-0.39, 0.29) is 0 Å². The van der Waals surface area contributed by atoms with Gasteiger partial charge in [-0.3, -0.25) is 0 Å². The van der Waals surface area contributed by atoms with Crippen LogP contribution in [-0.4, -0.2) is 32.8 Å². The number of rotatable bonds is 11. The smallest absolute Gasteiger partial charge is 0.188 e. The zero-order valence-electron chi connectivity index (χ0n) is 13.9. The number of benzene rings is 1. The number of guanidine groups is 1. The van der Waals surface area contributed by atoms with Crippen molar-refractivity contribution in [2.45, 2.75) is 39.2 Å². The average molecular weight is 306 g/mol. The highest BCUT2D eigenvalue weighted by Crippen LogP contribution is 2.10. The standard InChI is InChI=1S/C17H30N4O/c1-3-4-5-6-11-20-17(18)21-14-15-7-9-16(10-8-15)19-12-13-22-2/h7-10,19H,3-6,11-14H2,1-2H3,(H3,18,20,21). The van der Waals surface area contributed by atoms with E-state index in [1.54, 1.807) is 7.11 Å². The number of nitrogens with one attached hydrogen (secondary N) is 2. The number of hydrogen-bond donors (Lipinski definition) is 3. The summed E-state index contributed by atoms with van der Waals surface area (Å²) in [5.74, 6) is 0.527. The van der Waals surface area contributed by atoms with Gasteiger partial charge in [-0.1, -0.05) is 38.3 Å². The van der Waals surface area contributed by atoms with Crippen LogP contribution in [0.25, 0.3) is 0 Å². The van der Waals surface area contributed by atoms with Crippen LogP contribution in [0.4, 0.5) is 5.69 Å². The molecule has 0 saturated carbocycles. The van der Waals surface area contributed by atoms with E-state index in [9.17, 15) is 0 Å². The molecule has 0 aliphatic heterocycles. The van der Waals surface area contributed by atoms with Crippen LogP contribution >= 0.6 is 0 Å². The van der Waals surface area contributed by atoms with E-state index in [1.165, 1.54) is 19.3 Å². The number of anilines is 1. The van der Waals surface area contributed by atoms with E-state index >= 15 is 0 Å². The Labute approximate surface area is 134 Å². The molecule has 1 rings (SSSR count). The molecule has 22 heavy (non-hydrogen) atoms. The van der Waals surface area contributed by atoms with Gasteiger partial charge < -0.3 is 21.1 Å². The van der Waals surface area contributed by atoms with Crippen molar-refractivity contribution in [3.8, 4) is 0 Å². The van der Waals surface area contributed by atoms with Gasteiger partial charge in [-0.25, -0.2) is 4.99 Å². The molecule has 0 atom stereocenters. The summed E-state index contributed by atoms with van der Waals surface area (Å²) in [6.45, 7) is 5.22. The Hall–Kier alpha value is -1.75. The minimum atomic E-state index is 0.527. The molecular weight excluding hydrogens is 276 g/mol. The molecule has 0 fully saturated rings. The maximum Gasteiger partial charge on any atom is 0.188 e. The van der Waals surface area contributed by atoms with E-state index < -0.39 is 0 Å². The number of hydrogen-bond acceptors (Lipinski definition) is 3. The Morgan fingerprint density at radius 2 is 1.91 bits per heavy atom. The van der Waals surface area contributed by atoms with Gasteiger partial charge in [0.15, 0.2) is 5.96 Å². The minimum absolute atomic E-state index is 0.527. The largest absolute Gasteiger partial charge is 0.383 e. The van der Waals surface area contributed by atoms with E-state index in [2.05, 4.69) is 46.8 Å². The molecule has 0 spiro atoms.